The van der Waals surface area contributed by atoms with Crippen molar-refractivity contribution < 1.29 is 14.7 Å². The number of aryl methyl sites for hydroxylation is 1. The fourth-order valence-electron chi connectivity index (χ4n) is 5.09. The Kier molecular flexibility index (Phi) is 4.50. The standard InChI is InChI=1S/C19H28N4O3/c1-21-13-20-12-16(21)17(25)23-11-3-9-19(23)8-2-10-22(18(19)26)14-4-6-15(24)7-5-14/h12-15,24H,2-11H2,1H3. The Bertz CT molecular complexity index is 695. The molecule has 2 amide bonds. The van der Waals surface area contributed by atoms with Gasteiger partial charge in [0.1, 0.15) is 11.2 Å². The second-order valence-corrected chi connectivity index (χ2v) is 8.05. The van der Waals surface area contributed by atoms with Gasteiger partial charge < -0.3 is 19.5 Å². The van der Waals surface area contributed by atoms with Crippen molar-refractivity contribution in [2.24, 2.45) is 7.05 Å². The summed E-state index contributed by atoms with van der Waals surface area (Å²) in [7, 11) is 1.81. The Balaban J connectivity index is 1.58. The lowest BCUT2D eigenvalue weighted by Crippen LogP contribution is -2.63. The average molecular weight is 360 g/mol. The van der Waals surface area contributed by atoms with Crippen LogP contribution in [0.25, 0.3) is 0 Å². The molecule has 1 aliphatic carbocycles. The van der Waals surface area contributed by atoms with Crippen molar-refractivity contribution in [3.63, 3.8) is 0 Å². The summed E-state index contributed by atoms with van der Waals surface area (Å²) in [6.45, 7) is 1.40. The van der Waals surface area contributed by atoms with Crippen LogP contribution in [-0.4, -0.2) is 67.0 Å². The maximum Gasteiger partial charge on any atom is 0.273 e. The van der Waals surface area contributed by atoms with Gasteiger partial charge in [0.2, 0.25) is 5.91 Å². The van der Waals surface area contributed by atoms with Crippen molar-refractivity contribution in [3.05, 3.63) is 18.2 Å². The summed E-state index contributed by atoms with van der Waals surface area (Å²) >= 11 is 0. The fraction of sp³-hybridized carbons (Fsp3) is 0.737. The number of hydrogen-bond donors (Lipinski definition) is 1. The van der Waals surface area contributed by atoms with Gasteiger partial charge in [-0.3, -0.25) is 9.59 Å². The van der Waals surface area contributed by atoms with Crippen LogP contribution in [0.15, 0.2) is 12.5 Å². The summed E-state index contributed by atoms with van der Waals surface area (Å²) in [4.78, 5) is 34.6. The summed E-state index contributed by atoms with van der Waals surface area (Å²) < 4.78 is 1.72. The van der Waals surface area contributed by atoms with Crippen LogP contribution in [-0.2, 0) is 11.8 Å². The molecule has 1 saturated carbocycles. The number of imidazole rings is 1. The van der Waals surface area contributed by atoms with Gasteiger partial charge >= 0.3 is 0 Å². The molecule has 2 aliphatic heterocycles. The van der Waals surface area contributed by atoms with Gasteiger partial charge in [0.05, 0.1) is 18.6 Å². The molecule has 3 fully saturated rings. The maximum absolute atomic E-state index is 13.5. The van der Waals surface area contributed by atoms with Gasteiger partial charge in [-0.2, -0.15) is 0 Å². The van der Waals surface area contributed by atoms with Gasteiger partial charge in [-0.1, -0.05) is 0 Å². The van der Waals surface area contributed by atoms with E-state index in [1.807, 2.05) is 16.8 Å². The summed E-state index contributed by atoms with van der Waals surface area (Å²) in [5, 5.41) is 9.78. The van der Waals surface area contributed by atoms with Crippen LogP contribution in [0, 0.1) is 0 Å². The molecular formula is C19H28N4O3. The Morgan fingerprint density at radius 2 is 1.88 bits per heavy atom. The molecule has 26 heavy (non-hydrogen) atoms. The van der Waals surface area contributed by atoms with E-state index in [0.29, 0.717) is 12.2 Å². The predicted molar refractivity (Wildman–Crippen MR) is 95.4 cm³/mol. The van der Waals surface area contributed by atoms with Gasteiger partial charge in [0.15, 0.2) is 0 Å². The molecule has 1 aromatic rings. The van der Waals surface area contributed by atoms with E-state index in [2.05, 4.69) is 4.98 Å². The molecule has 1 aromatic heterocycles. The lowest BCUT2D eigenvalue weighted by molar-refractivity contribution is -0.149. The number of aliphatic hydroxyl groups is 1. The minimum Gasteiger partial charge on any atom is -0.393 e. The zero-order chi connectivity index (χ0) is 18.3. The summed E-state index contributed by atoms with van der Waals surface area (Å²) in [5.41, 5.74) is -0.146. The third kappa shape index (κ3) is 2.73. The normalized spacial score (nSPS) is 32.5. The third-order valence-electron chi connectivity index (χ3n) is 6.53. The first-order valence-electron chi connectivity index (χ1n) is 9.80. The molecule has 1 N–H and O–H groups in total. The quantitative estimate of drug-likeness (QED) is 0.863. The van der Waals surface area contributed by atoms with Crippen LogP contribution < -0.4 is 0 Å². The van der Waals surface area contributed by atoms with Crippen LogP contribution in [0.4, 0.5) is 0 Å². The van der Waals surface area contributed by atoms with E-state index in [0.717, 1.165) is 57.9 Å². The number of rotatable bonds is 2. The van der Waals surface area contributed by atoms with E-state index in [1.54, 1.807) is 17.1 Å². The van der Waals surface area contributed by atoms with E-state index in [4.69, 9.17) is 0 Å². The number of carbonyl (C=O) groups is 2. The smallest absolute Gasteiger partial charge is 0.273 e. The van der Waals surface area contributed by atoms with Gasteiger partial charge in [0, 0.05) is 26.2 Å². The molecule has 0 radical (unpaired) electrons. The molecule has 0 bridgehead atoms. The van der Waals surface area contributed by atoms with Crippen molar-refractivity contribution in [2.75, 3.05) is 13.1 Å². The van der Waals surface area contributed by atoms with Gasteiger partial charge in [-0.05, 0) is 51.4 Å². The first-order valence-corrected chi connectivity index (χ1v) is 9.80. The van der Waals surface area contributed by atoms with Crippen LogP contribution in [0.3, 0.4) is 0 Å². The molecule has 142 valence electrons. The largest absolute Gasteiger partial charge is 0.393 e. The highest BCUT2D eigenvalue weighted by Gasteiger charge is 2.54. The molecule has 7 nitrogen and oxygen atoms in total. The molecular weight excluding hydrogens is 332 g/mol. The van der Waals surface area contributed by atoms with Gasteiger partial charge in [0.25, 0.3) is 5.91 Å². The van der Waals surface area contributed by atoms with E-state index >= 15 is 0 Å². The Morgan fingerprint density at radius 3 is 2.54 bits per heavy atom. The Hall–Kier alpha value is -1.89. The maximum atomic E-state index is 13.5. The number of likely N-dealkylation sites (tertiary alicyclic amines) is 2. The molecule has 3 aliphatic rings. The minimum absolute atomic E-state index is 0.0863. The monoisotopic (exact) mass is 360 g/mol. The average Bonchev–Trinajstić information content (AvgIpc) is 3.25. The third-order valence-corrected chi connectivity index (χ3v) is 6.53. The lowest BCUT2D eigenvalue weighted by atomic mass is 9.82. The number of amides is 2. The van der Waals surface area contributed by atoms with Gasteiger partial charge in [-0.15, -0.1) is 0 Å². The Morgan fingerprint density at radius 1 is 1.19 bits per heavy atom. The van der Waals surface area contributed by atoms with Crippen LogP contribution in [0.2, 0.25) is 0 Å². The van der Waals surface area contributed by atoms with Crippen molar-refractivity contribution in [2.45, 2.75) is 69.1 Å². The summed E-state index contributed by atoms with van der Waals surface area (Å²) in [5.74, 6) is 0.0370. The van der Waals surface area contributed by atoms with Crippen LogP contribution in [0.1, 0.15) is 61.9 Å². The topological polar surface area (TPSA) is 78.7 Å². The summed E-state index contributed by atoms with van der Waals surface area (Å²) in [6.07, 6.45) is 9.53. The highest BCUT2D eigenvalue weighted by molar-refractivity contribution is 5.99. The first kappa shape index (κ1) is 17.5. The number of nitrogens with zero attached hydrogens (tertiary/aromatic N) is 4. The number of aliphatic hydroxyl groups excluding tert-OH is 1. The highest BCUT2D eigenvalue weighted by Crippen LogP contribution is 2.41. The van der Waals surface area contributed by atoms with Crippen molar-refractivity contribution in [3.8, 4) is 0 Å². The molecule has 3 heterocycles. The zero-order valence-corrected chi connectivity index (χ0v) is 15.4. The highest BCUT2D eigenvalue weighted by atomic mass is 16.3. The van der Waals surface area contributed by atoms with Crippen molar-refractivity contribution in [1.29, 1.82) is 0 Å². The van der Waals surface area contributed by atoms with E-state index in [-0.39, 0.29) is 24.0 Å². The molecule has 0 aromatic carbocycles. The number of carbonyl (C=O) groups excluding carboxylic acids is 2. The van der Waals surface area contributed by atoms with Crippen molar-refractivity contribution in [1.82, 2.24) is 19.4 Å². The molecule has 7 heteroatoms. The fourth-order valence-corrected chi connectivity index (χ4v) is 5.09. The SMILES string of the molecule is Cn1cncc1C(=O)N1CCCC12CCCN(C1CCC(O)CC1)C2=O. The second-order valence-electron chi connectivity index (χ2n) is 8.05. The van der Waals surface area contributed by atoms with Crippen molar-refractivity contribution >= 4 is 11.8 Å². The number of aromatic nitrogens is 2. The van der Waals surface area contributed by atoms with E-state index in [9.17, 15) is 14.7 Å². The van der Waals surface area contributed by atoms with E-state index in [1.165, 1.54) is 0 Å². The molecule has 1 unspecified atom stereocenters. The molecule has 1 spiro atoms. The summed E-state index contributed by atoms with van der Waals surface area (Å²) in [6, 6.07) is 0.206. The number of hydrogen-bond acceptors (Lipinski definition) is 4. The predicted octanol–water partition coefficient (Wildman–Crippen LogP) is 1.32. The second kappa shape index (κ2) is 6.68. The molecule has 2 saturated heterocycles. The van der Waals surface area contributed by atoms with Crippen LogP contribution in [0.5, 0.6) is 0 Å². The molecule has 4 rings (SSSR count). The molecule has 1 atom stereocenters. The number of piperidine rings is 1. The first-order chi connectivity index (χ1) is 12.5. The van der Waals surface area contributed by atoms with Crippen LogP contribution >= 0.6 is 0 Å². The lowest BCUT2D eigenvalue weighted by Gasteiger charge is -2.48. The zero-order valence-electron chi connectivity index (χ0n) is 15.4. The van der Waals surface area contributed by atoms with Gasteiger partial charge in [-0.25, -0.2) is 4.98 Å². The minimum atomic E-state index is -0.685. The Labute approximate surface area is 154 Å². The van der Waals surface area contributed by atoms with E-state index < -0.39 is 5.54 Å².